The number of aryl methyl sites for hydroxylation is 1. The van der Waals surface area contributed by atoms with Gasteiger partial charge in [-0.3, -0.25) is 4.98 Å². The third-order valence-corrected chi connectivity index (χ3v) is 3.81. The molecule has 2 nitrogen and oxygen atoms in total. The number of pyridine rings is 1. The van der Waals surface area contributed by atoms with Crippen molar-refractivity contribution >= 4 is 47.4 Å². The molecule has 0 aliphatic carbocycles. The Morgan fingerprint density at radius 2 is 2.43 bits per heavy atom. The maximum absolute atomic E-state index is 6.95. The van der Waals surface area contributed by atoms with E-state index in [1.807, 2.05) is 6.92 Å². The van der Waals surface area contributed by atoms with Crippen molar-refractivity contribution in [3.8, 4) is 0 Å². The van der Waals surface area contributed by atoms with Gasteiger partial charge in [0.05, 0.1) is 16.5 Å². The molecule has 0 atom stereocenters. The van der Waals surface area contributed by atoms with Gasteiger partial charge in [0.25, 0.3) is 0 Å². The zero-order valence-electron chi connectivity index (χ0n) is 7.65. The number of thiocarbonyl (C=S) groups is 1. The SMILES string of the molecule is [C-]#[N+]c1cc(CC)nc(C(=S)[S][Al])c1. The van der Waals surface area contributed by atoms with E-state index < -0.39 is 0 Å². The van der Waals surface area contributed by atoms with Crippen LogP contribution < -0.4 is 0 Å². The Kier molecular flexibility index (Phi) is 4.58. The Bertz CT molecular complexity index is 398. The lowest BCUT2D eigenvalue weighted by Crippen LogP contribution is -1.98. The molecule has 1 heterocycles. The highest BCUT2D eigenvalue weighted by Gasteiger charge is 2.04. The lowest BCUT2D eigenvalue weighted by molar-refractivity contribution is 1.03. The zero-order valence-corrected chi connectivity index (χ0v) is 10.4. The van der Waals surface area contributed by atoms with E-state index in [4.69, 9.17) is 18.8 Å². The summed E-state index contributed by atoms with van der Waals surface area (Å²) in [5, 5.41) is 0. The number of rotatable bonds is 2. The predicted octanol–water partition coefficient (Wildman–Crippen LogP) is 2.69. The summed E-state index contributed by atoms with van der Waals surface area (Å²) >= 11 is 7.60. The topological polar surface area (TPSA) is 17.2 Å². The molecule has 0 amide bonds. The number of aromatic nitrogens is 1. The van der Waals surface area contributed by atoms with E-state index in [1.54, 1.807) is 12.1 Å². The Morgan fingerprint density at radius 3 is 2.93 bits per heavy atom. The lowest BCUT2D eigenvalue weighted by atomic mass is 10.2. The molecule has 0 bridgehead atoms. The first-order chi connectivity index (χ1) is 6.71. The van der Waals surface area contributed by atoms with E-state index in [9.17, 15) is 0 Å². The van der Waals surface area contributed by atoms with Crippen molar-refractivity contribution in [1.29, 1.82) is 0 Å². The van der Waals surface area contributed by atoms with Crippen LogP contribution in [0.15, 0.2) is 12.1 Å². The third-order valence-electron chi connectivity index (χ3n) is 1.67. The van der Waals surface area contributed by atoms with E-state index in [-0.39, 0.29) is 0 Å². The molecule has 0 aliphatic rings. The summed E-state index contributed by atoms with van der Waals surface area (Å²) in [5.41, 5.74) is 2.24. The zero-order chi connectivity index (χ0) is 10.6. The molecule has 0 spiro atoms. The van der Waals surface area contributed by atoms with Gasteiger partial charge in [0.2, 0.25) is 15.2 Å². The predicted molar refractivity (Wildman–Crippen MR) is 64.9 cm³/mol. The average Bonchev–Trinajstić information content (AvgIpc) is 2.27. The Morgan fingerprint density at radius 1 is 1.71 bits per heavy atom. The van der Waals surface area contributed by atoms with Crippen LogP contribution in [0.2, 0.25) is 0 Å². The van der Waals surface area contributed by atoms with Crippen LogP contribution in [-0.2, 0) is 6.42 Å². The molecule has 1 aromatic heterocycles. The van der Waals surface area contributed by atoms with Crippen LogP contribution in [0.1, 0.15) is 18.3 Å². The first-order valence-corrected chi connectivity index (χ1v) is 6.71. The van der Waals surface area contributed by atoms with Gasteiger partial charge in [0.1, 0.15) is 0 Å². The van der Waals surface area contributed by atoms with Crippen LogP contribution in [0.25, 0.3) is 4.85 Å². The molecule has 1 aromatic rings. The van der Waals surface area contributed by atoms with Gasteiger partial charge in [-0.15, -0.1) is 0 Å². The molecule has 0 N–H and O–H groups in total. The Balaban J connectivity index is 3.19. The molecular formula is C9H7AlN2S2. The minimum Gasteiger partial charge on any atom is -0.254 e. The smallest absolute Gasteiger partial charge is 0.243 e. The fraction of sp³-hybridized carbons (Fsp3) is 0.222. The van der Waals surface area contributed by atoms with E-state index >= 15 is 0 Å². The molecule has 2 radical (unpaired) electrons. The van der Waals surface area contributed by atoms with Crippen molar-refractivity contribution in [1.82, 2.24) is 4.98 Å². The van der Waals surface area contributed by atoms with Gasteiger partial charge >= 0.3 is 0 Å². The lowest BCUT2D eigenvalue weighted by Gasteiger charge is -2.04. The number of hydrogen-bond acceptors (Lipinski definition) is 3. The maximum atomic E-state index is 6.95. The van der Waals surface area contributed by atoms with Crippen molar-refractivity contribution in [3.63, 3.8) is 0 Å². The number of hydrogen-bond donors (Lipinski definition) is 0. The molecule has 5 heteroatoms. The van der Waals surface area contributed by atoms with Gasteiger partial charge in [-0.05, 0) is 18.6 Å². The second-order valence-corrected chi connectivity index (χ2v) is 4.59. The highest BCUT2D eigenvalue weighted by atomic mass is 32.3. The van der Waals surface area contributed by atoms with E-state index in [0.29, 0.717) is 9.88 Å². The molecule has 1 rings (SSSR count). The van der Waals surface area contributed by atoms with E-state index in [0.717, 1.165) is 17.8 Å². The fourth-order valence-corrected chi connectivity index (χ4v) is 1.67. The van der Waals surface area contributed by atoms with Crippen molar-refractivity contribution in [2.75, 3.05) is 0 Å². The summed E-state index contributed by atoms with van der Waals surface area (Å²) in [6.07, 6.45) is 0.820. The van der Waals surface area contributed by atoms with Gasteiger partial charge < -0.3 is 0 Å². The van der Waals surface area contributed by atoms with E-state index in [2.05, 4.69) is 25.0 Å². The number of nitrogens with zero attached hydrogens (tertiary/aromatic N) is 2. The maximum Gasteiger partial charge on any atom is 0.243 e. The van der Waals surface area contributed by atoms with Crippen molar-refractivity contribution in [3.05, 3.63) is 34.9 Å². The third kappa shape index (κ3) is 2.80. The molecule has 0 fully saturated rings. The normalized spacial score (nSPS) is 9.43. The highest BCUT2D eigenvalue weighted by molar-refractivity contribution is 8.37. The van der Waals surface area contributed by atoms with Gasteiger partial charge in [-0.25, -0.2) is 15.0 Å². The second-order valence-electron chi connectivity index (χ2n) is 2.57. The quantitative estimate of drug-likeness (QED) is 0.445. The molecule has 0 aliphatic heterocycles. The first-order valence-electron chi connectivity index (χ1n) is 4.00. The molecule has 0 aromatic carbocycles. The largest absolute Gasteiger partial charge is 0.254 e. The summed E-state index contributed by atoms with van der Waals surface area (Å²) in [6.45, 7) is 8.96. The van der Waals surface area contributed by atoms with Gasteiger partial charge in [0, 0.05) is 5.69 Å². The van der Waals surface area contributed by atoms with Crippen LogP contribution >= 0.6 is 22.3 Å². The molecule has 0 saturated carbocycles. The van der Waals surface area contributed by atoms with Crippen molar-refractivity contribution in [2.45, 2.75) is 13.3 Å². The van der Waals surface area contributed by atoms with Gasteiger partial charge in [0.15, 0.2) is 5.69 Å². The summed E-state index contributed by atoms with van der Waals surface area (Å²) in [5.74, 6) is 0. The summed E-state index contributed by atoms with van der Waals surface area (Å²) in [7, 11) is 1.40. The Labute approximate surface area is 100 Å². The molecule has 14 heavy (non-hydrogen) atoms. The second kappa shape index (κ2) is 5.48. The average molecular weight is 234 g/mol. The standard InChI is InChI=1S/C9H8N2S2.Al/c1-3-6-4-7(10-2)5-8(11-6)9(12)13;/h4-5H,3H2,1H3,(H,12,13);/q;+1/p-1. The summed E-state index contributed by atoms with van der Waals surface area (Å²) < 4.78 is 0.704. The fourth-order valence-electron chi connectivity index (χ4n) is 0.982. The van der Waals surface area contributed by atoms with E-state index in [1.165, 1.54) is 10.1 Å². The summed E-state index contributed by atoms with van der Waals surface area (Å²) in [6, 6.07) is 3.53. The van der Waals surface area contributed by atoms with Gasteiger partial charge in [-0.2, -0.15) is 0 Å². The van der Waals surface area contributed by atoms with Gasteiger partial charge in [-0.1, -0.05) is 19.1 Å². The van der Waals surface area contributed by atoms with Crippen LogP contribution in [0.3, 0.4) is 0 Å². The summed E-state index contributed by atoms with van der Waals surface area (Å²) in [4.78, 5) is 7.74. The van der Waals surface area contributed by atoms with Crippen LogP contribution in [0.4, 0.5) is 5.69 Å². The van der Waals surface area contributed by atoms with Crippen LogP contribution in [0, 0.1) is 6.57 Å². The monoisotopic (exact) mass is 234 g/mol. The molecule has 0 saturated heterocycles. The molecular weight excluding hydrogens is 227 g/mol. The minimum absolute atomic E-state index is 0.605. The van der Waals surface area contributed by atoms with Crippen molar-refractivity contribution < 1.29 is 0 Å². The molecule has 0 unspecified atom stereocenters. The first kappa shape index (κ1) is 11.7. The van der Waals surface area contributed by atoms with Crippen molar-refractivity contribution in [2.24, 2.45) is 0 Å². The van der Waals surface area contributed by atoms with Crippen LogP contribution in [-0.4, -0.2) is 24.3 Å². The highest BCUT2D eigenvalue weighted by Crippen LogP contribution is 2.18. The Hall–Kier alpha value is -0.388. The minimum atomic E-state index is 0.605. The molecule has 68 valence electrons. The van der Waals surface area contributed by atoms with Crippen LogP contribution in [0.5, 0.6) is 0 Å².